The summed E-state index contributed by atoms with van der Waals surface area (Å²) in [6.45, 7) is 0. The SMILES string of the molecule is O=S(=O)(O)c1cccc[nH+]1. The van der Waals surface area contributed by atoms with Gasteiger partial charge >= 0.3 is 15.1 Å². The van der Waals surface area contributed by atoms with Crippen molar-refractivity contribution in [3.63, 3.8) is 0 Å². The predicted octanol–water partition coefficient (Wildman–Crippen LogP) is -0.253. The molecule has 0 spiro atoms. The maximum absolute atomic E-state index is 10.4. The van der Waals surface area contributed by atoms with Gasteiger partial charge in [0.25, 0.3) is 0 Å². The van der Waals surface area contributed by atoms with Gasteiger partial charge < -0.3 is 0 Å². The Bertz CT molecular complexity index is 305. The van der Waals surface area contributed by atoms with Crippen molar-refractivity contribution in [1.82, 2.24) is 0 Å². The summed E-state index contributed by atoms with van der Waals surface area (Å²) in [5, 5.41) is -0.199. The van der Waals surface area contributed by atoms with Gasteiger partial charge in [-0.3, -0.25) is 4.55 Å². The lowest BCUT2D eigenvalue weighted by atomic mass is 10.5. The van der Waals surface area contributed by atoms with Crippen molar-refractivity contribution in [2.45, 2.75) is 5.03 Å². The second-order valence-corrected chi connectivity index (χ2v) is 3.09. The van der Waals surface area contributed by atoms with Crippen LogP contribution in [0.4, 0.5) is 0 Å². The third-order valence-electron chi connectivity index (χ3n) is 0.958. The molecule has 5 heteroatoms. The molecular formula is C5H6NO3S+. The number of aromatic amines is 1. The molecule has 2 N–H and O–H groups in total. The number of aromatic nitrogens is 1. The van der Waals surface area contributed by atoms with Crippen molar-refractivity contribution < 1.29 is 18.0 Å². The summed E-state index contributed by atoms with van der Waals surface area (Å²) in [7, 11) is -4.06. The molecule has 0 aliphatic rings. The Kier molecular flexibility index (Phi) is 1.69. The van der Waals surface area contributed by atoms with E-state index in [1.54, 1.807) is 6.07 Å². The van der Waals surface area contributed by atoms with Gasteiger partial charge in [-0.2, -0.15) is 13.4 Å². The first-order chi connectivity index (χ1) is 4.61. The summed E-state index contributed by atoms with van der Waals surface area (Å²) < 4.78 is 29.1. The molecule has 1 heterocycles. The van der Waals surface area contributed by atoms with Gasteiger partial charge in [-0.25, -0.2) is 0 Å². The number of H-pyrrole nitrogens is 1. The highest BCUT2D eigenvalue weighted by molar-refractivity contribution is 7.85. The molecule has 0 aromatic carbocycles. The van der Waals surface area contributed by atoms with E-state index in [9.17, 15) is 8.42 Å². The normalized spacial score (nSPS) is 11.3. The van der Waals surface area contributed by atoms with E-state index in [4.69, 9.17) is 4.55 Å². The predicted molar refractivity (Wildman–Crippen MR) is 32.8 cm³/mol. The third kappa shape index (κ3) is 1.52. The van der Waals surface area contributed by atoms with E-state index >= 15 is 0 Å². The van der Waals surface area contributed by atoms with Crippen molar-refractivity contribution in [2.75, 3.05) is 0 Å². The zero-order chi connectivity index (χ0) is 7.61. The number of hydrogen-bond acceptors (Lipinski definition) is 2. The average molecular weight is 160 g/mol. The van der Waals surface area contributed by atoms with Gasteiger partial charge in [0.2, 0.25) is 0 Å². The first-order valence-corrected chi connectivity index (χ1v) is 3.99. The van der Waals surface area contributed by atoms with E-state index in [0.29, 0.717) is 0 Å². The van der Waals surface area contributed by atoms with Crippen molar-refractivity contribution >= 4 is 10.1 Å². The minimum Gasteiger partial charge on any atom is -0.277 e. The molecule has 1 aromatic heterocycles. The molecule has 54 valence electrons. The molecule has 0 atom stereocenters. The van der Waals surface area contributed by atoms with Crippen LogP contribution >= 0.6 is 0 Å². The standard InChI is InChI=1S/C5H5NO3S/c7-10(8,9)5-3-1-2-4-6-5/h1-4H,(H,7,8,9)/p+1. The summed E-state index contributed by atoms with van der Waals surface area (Å²) in [6.07, 6.45) is 1.42. The molecule has 0 aliphatic heterocycles. The first-order valence-electron chi connectivity index (χ1n) is 2.55. The molecule has 4 nitrogen and oxygen atoms in total. The lowest BCUT2D eigenvalue weighted by Gasteiger charge is -1.84. The van der Waals surface area contributed by atoms with Crippen molar-refractivity contribution in [3.05, 3.63) is 24.4 Å². The van der Waals surface area contributed by atoms with E-state index in [2.05, 4.69) is 4.98 Å². The van der Waals surface area contributed by atoms with E-state index in [1.165, 1.54) is 18.3 Å². The minimum atomic E-state index is -4.06. The van der Waals surface area contributed by atoms with Gasteiger partial charge in [-0.05, 0) is 6.07 Å². The maximum atomic E-state index is 10.4. The Morgan fingerprint density at radius 2 is 2.10 bits per heavy atom. The van der Waals surface area contributed by atoms with Crippen LogP contribution in [0.2, 0.25) is 0 Å². The molecule has 1 aromatic rings. The van der Waals surface area contributed by atoms with Crippen LogP contribution in [0.15, 0.2) is 29.4 Å². The highest BCUT2D eigenvalue weighted by Crippen LogP contribution is 1.96. The second-order valence-electron chi connectivity index (χ2n) is 1.70. The molecule has 0 saturated heterocycles. The summed E-state index contributed by atoms with van der Waals surface area (Å²) >= 11 is 0. The van der Waals surface area contributed by atoms with Crippen LogP contribution < -0.4 is 4.98 Å². The number of pyridine rings is 1. The zero-order valence-electron chi connectivity index (χ0n) is 4.98. The molecule has 0 fully saturated rings. The Hall–Kier alpha value is -0.940. The van der Waals surface area contributed by atoms with Gasteiger partial charge in [-0.1, -0.05) is 0 Å². The summed E-state index contributed by atoms with van der Waals surface area (Å²) in [5.41, 5.74) is 0. The van der Waals surface area contributed by atoms with Crippen molar-refractivity contribution in [3.8, 4) is 0 Å². The molecular weight excluding hydrogens is 154 g/mol. The highest BCUT2D eigenvalue weighted by atomic mass is 32.2. The van der Waals surface area contributed by atoms with E-state index < -0.39 is 10.1 Å². The smallest absolute Gasteiger partial charge is 0.277 e. The largest absolute Gasteiger partial charge is 0.355 e. The van der Waals surface area contributed by atoms with E-state index in [0.717, 1.165) is 0 Å². The van der Waals surface area contributed by atoms with Gasteiger partial charge in [0.1, 0.15) is 0 Å². The van der Waals surface area contributed by atoms with Crippen molar-refractivity contribution in [1.29, 1.82) is 0 Å². The fraction of sp³-hybridized carbons (Fsp3) is 0. The molecule has 0 aliphatic carbocycles. The van der Waals surface area contributed by atoms with Crippen LogP contribution in [0.25, 0.3) is 0 Å². The lowest BCUT2D eigenvalue weighted by molar-refractivity contribution is -0.429. The Morgan fingerprint density at radius 3 is 2.40 bits per heavy atom. The highest BCUT2D eigenvalue weighted by Gasteiger charge is 2.14. The second kappa shape index (κ2) is 2.36. The van der Waals surface area contributed by atoms with Crippen molar-refractivity contribution in [2.24, 2.45) is 0 Å². The van der Waals surface area contributed by atoms with E-state index in [1.807, 2.05) is 0 Å². The minimum absolute atomic E-state index is 0.199. The molecule has 0 radical (unpaired) electrons. The topological polar surface area (TPSA) is 68.5 Å². The number of nitrogens with one attached hydrogen (secondary N) is 1. The number of rotatable bonds is 1. The van der Waals surface area contributed by atoms with Gasteiger partial charge in [-0.15, -0.1) is 0 Å². The molecule has 0 unspecified atom stereocenters. The molecule has 1 rings (SSSR count). The van der Waals surface area contributed by atoms with Crippen LogP contribution in [-0.2, 0) is 10.1 Å². The van der Waals surface area contributed by atoms with Crippen LogP contribution in [0.1, 0.15) is 0 Å². The van der Waals surface area contributed by atoms with Gasteiger partial charge in [0, 0.05) is 12.1 Å². The fourth-order valence-corrected chi connectivity index (χ4v) is 1.00. The van der Waals surface area contributed by atoms with Crippen LogP contribution in [0.3, 0.4) is 0 Å². The Morgan fingerprint density at radius 1 is 1.40 bits per heavy atom. The van der Waals surface area contributed by atoms with E-state index in [-0.39, 0.29) is 5.03 Å². The maximum Gasteiger partial charge on any atom is 0.355 e. The van der Waals surface area contributed by atoms with Crippen LogP contribution in [-0.4, -0.2) is 13.0 Å². The lowest BCUT2D eigenvalue weighted by Crippen LogP contribution is -2.14. The van der Waals surface area contributed by atoms with Crippen LogP contribution in [0.5, 0.6) is 0 Å². The fourth-order valence-electron chi connectivity index (χ4n) is 0.537. The summed E-state index contributed by atoms with van der Waals surface area (Å²) in [6, 6.07) is 4.41. The Balaban J connectivity index is 3.22. The first kappa shape index (κ1) is 7.17. The summed E-state index contributed by atoms with van der Waals surface area (Å²) in [5.74, 6) is 0. The summed E-state index contributed by atoms with van der Waals surface area (Å²) in [4.78, 5) is 2.37. The molecule has 0 bridgehead atoms. The third-order valence-corrected chi connectivity index (χ3v) is 1.77. The van der Waals surface area contributed by atoms with Gasteiger partial charge in [0.05, 0.1) is 0 Å². The molecule has 0 amide bonds. The number of hydrogen-bond donors (Lipinski definition) is 1. The average Bonchev–Trinajstić information content (AvgIpc) is 1.88. The van der Waals surface area contributed by atoms with Crippen LogP contribution in [0, 0.1) is 0 Å². The Labute approximate surface area is 58.3 Å². The molecule has 0 saturated carbocycles. The quantitative estimate of drug-likeness (QED) is 0.576. The van der Waals surface area contributed by atoms with Gasteiger partial charge in [0.15, 0.2) is 6.20 Å². The zero-order valence-corrected chi connectivity index (χ0v) is 5.80. The molecule has 10 heavy (non-hydrogen) atoms. The monoisotopic (exact) mass is 160 g/mol.